The van der Waals surface area contributed by atoms with E-state index in [0.717, 1.165) is 24.1 Å². The van der Waals surface area contributed by atoms with Gasteiger partial charge < -0.3 is 5.32 Å². The zero-order chi connectivity index (χ0) is 14.8. The first-order valence-corrected chi connectivity index (χ1v) is 8.41. The number of hydrogen-bond acceptors (Lipinski definition) is 2. The maximum atomic E-state index is 3.70. The predicted molar refractivity (Wildman–Crippen MR) is 89.9 cm³/mol. The normalized spacial score (nSPS) is 24.9. The third kappa shape index (κ3) is 4.06. The summed E-state index contributed by atoms with van der Waals surface area (Å²) in [6.07, 6.45) is 1.20. The molecule has 0 bridgehead atoms. The van der Waals surface area contributed by atoms with E-state index in [-0.39, 0.29) is 0 Å². The predicted octanol–water partition coefficient (Wildman–Crippen LogP) is 4.05. The van der Waals surface area contributed by atoms with Gasteiger partial charge in [-0.05, 0) is 29.5 Å². The van der Waals surface area contributed by atoms with Gasteiger partial charge in [-0.1, -0.05) is 55.8 Å². The van der Waals surface area contributed by atoms with Crippen LogP contribution in [0.3, 0.4) is 0 Å². The maximum Gasteiger partial charge on any atom is 0.0273 e. The van der Waals surface area contributed by atoms with Crippen LogP contribution >= 0.6 is 15.9 Å². The fourth-order valence-electron chi connectivity index (χ4n) is 3.01. The van der Waals surface area contributed by atoms with E-state index in [9.17, 15) is 0 Å². The van der Waals surface area contributed by atoms with Crippen molar-refractivity contribution in [3.63, 3.8) is 0 Å². The van der Waals surface area contributed by atoms with Crippen LogP contribution in [0.5, 0.6) is 0 Å². The average molecular weight is 339 g/mol. The van der Waals surface area contributed by atoms with Gasteiger partial charge >= 0.3 is 0 Å². The smallest absolute Gasteiger partial charge is 0.0273 e. The summed E-state index contributed by atoms with van der Waals surface area (Å²) in [6, 6.07) is 9.96. The lowest BCUT2D eigenvalue weighted by Crippen LogP contribution is -2.59. The van der Waals surface area contributed by atoms with Crippen molar-refractivity contribution in [3.05, 3.63) is 34.3 Å². The van der Waals surface area contributed by atoms with Crippen LogP contribution in [0.15, 0.2) is 28.7 Å². The molecule has 0 amide bonds. The quantitative estimate of drug-likeness (QED) is 0.894. The van der Waals surface area contributed by atoms with Gasteiger partial charge in [0.2, 0.25) is 0 Å². The van der Waals surface area contributed by atoms with Crippen molar-refractivity contribution in [2.24, 2.45) is 5.41 Å². The second kappa shape index (κ2) is 6.59. The zero-order valence-electron chi connectivity index (χ0n) is 13.1. The number of halogens is 1. The van der Waals surface area contributed by atoms with Crippen molar-refractivity contribution < 1.29 is 0 Å². The Bertz CT molecular complexity index is 422. The van der Waals surface area contributed by atoms with Gasteiger partial charge in [-0.15, -0.1) is 0 Å². The van der Waals surface area contributed by atoms with Crippen LogP contribution in [0.2, 0.25) is 0 Å². The van der Waals surface area contributed by atoms with Gasteiger partial charge in [-0.3, -0.25) is 4.90 Å². The minimum absolute atomic E-state index is 0.307. The Morgan fingerprint density at radius 1 is 1.25 bits per heavy atom. The van der Waals surface area contributed by atoms with E-state index in [1.165, 1.54) is 12.0 Å². The van der Waals surface area contributed by atoms with Crippen molar-refractivity contribution in [2.75, 3.05) is 13.1 Å². The van der Waals surface area contributed by atoms with Crippen LogP contribution in [0.4, 0.5) is 0 Å². The number of nitrogens with one attached hydrogen (secondary N) is 1. The first-order chi connectivity index (χ1) is 9.40. The van der Waals surface area contributed by atoms with E-state index in [1.807, 2.05) is 0 Å². The molecule has 2 nitrogen and oxygen atoms in total. The van der Waals surface area contributed by atoms with Crippen molar-refractivity contribution >= 4 is 15.9 Å². The lowest BCUT2D eigenvalue weighted by Gasteiger charge is -2.46. The van der Waals surface area contributed by atoms with E-state index in [0.29, 0.717) is 17.5 Å². The molecule has 2 rings (SSSR count). The number of benzene rings is 1. The molecule has 3 heteroatoms. The van der Waals surface area contributed by atoms with E-state index in [2.05, 4.69) is 78.1 Å². The first kappa shape index (κ1) is 16.0. The summed E-state index contributed by atoms with van der Waals surface area (Å²) < 4.78 is 1.15. The summed E-state index contributed by atoms with van der Waals surface area (Å²) in [7, 11) is 0. The molecule has 1 aliphatic rings. The Balaban J connectivity index is 2.12. The first-order valence-electron chi connectivity index (χ1n) is 7.62. The zero-order valence-corrected chi connectivity index (χ0v) is 14.7. The maximum absolute atomic E-state index is 3.70. The Kier molecular flexibility index (Phi) is 5.27. The molecule has 20 heavy (non-hydrogen) atoms. The molecule has 2 unspecified atom stereocenters. The van der Waals surface area contributed by atoms with Gasteiger partial charge in [0.15, 0.2) is 0 Å². The molecule has 0 spiro atoms. The van der Waals surface area contributed by atoms with Gasteiger partial charge in [-0.2, -0.15) is 0 Å². The highest BCUT2D eigenvalue weighted by molar-refractivity contribution is 9.10. The SMILES string of the molecule is CCC1CN(Cc2ccc(Br)cc2)C(C(C)(C)C)CN1. The van der Waals surface area contributed by atoms with Crippen LogP contribution in [0.1, 0.15) is 39.7 Å². The summed E-state index contributed by atoms with van der Waals surface area (Å²) in [5, 5.41) is 3.70. The fourth-order valence-corrected chi connectivity index (χ4v) is 3.27. The summed E-state index contributed by atoms with van der Waals surface area (Å²) >= 11 is 3.51. The third-order valence-corrected chi connectivity index (χ3v) is 4.82. The number of nitrogens with zero attached hydrogens (tertiary/aromatic N) is 1. The summed E-state index contributed by atoms with van der Waals surface area (Å²) in [5.74, 6) is 0. The number of piperazine rings is 1. The molecule has 0 aliphatic carbocycles. The highest BCUT2D eigenvalue weighted by atomic mass is 79.9. The van der Waals surface area contributed by atoms with Gasteiger partial charge in [-0.25, -0.2) is 0 Å². The molecule has 112 valence electrons. The van der Waals surface area contributed by atoms with Gasteiger partial charge in [0.05, 0.1) is 0 Å². The second-order valence-corrected chi connectivity index (χ2v) is 7.87. The van der Waals surface area contributed by atoms with Crippen molar-refractivity contribution in [1.29, 1.82) is 0 Å². The lowest BCUT2D eigenvalue weighted by molar-refractivity contribution is 0.0485. The van der Waals surface area contributed by atoms with Gasteiger partial charge in [0, 0.05) is 36.2 Å². The largest absolute Gasteiger partial charge is 0.311 e. The molecular formula is C17H27BrN2. The second-order valence-electron chi connectivity index (χ2n) is 6.95. The summed E-state index contributed by atoms with van der Waals surface area (Å²) in [6.45, 7) is 12.6. The Morgan fingerprint density at radius 2 is 1.90 bits per heavy atom. The molecule has 2 atom stereocenters. The molecule has 1 aliphatic heterocycles. The molecule has 1 aromatic carbocycles. The van der Waals surface area contributed by atoms with Crippen LogP contribution in [0.25, 0.3) is 0 Å². The number of hydrogen-bond donors (Lipinski definition) is 1. The molecule has 1 aromatic rings. The highest BCUT2D eigenvalue weighted by Crippen LogP contribution is 2.28. The van der Waals surface area contributed by atoms with Crippen LogP contribution < -0.4 is 5.32 Å². The Hall–Kier alpha value is -0.380. The lowest BCUT2D eigenvalue weighted by atomic mass is 9.83. The summed E-state index contributed by atoms with van der Waals surface area (Å²) in [4.78, 5) is 2.66. The molecular weight excluding hydrogens is 312 g/mol. The minimum atomic E-state index is 0.307. The fraction of sp³-hybridized carbons (Fsp3) is 0.647. The summed E-state index contributed by atoms with van der Waals surface area (Å²) in [5.41, 5.74) is 1.71. The van der Waals surface area contributed by atoms with Crippen molar-refractivity contribution in [2.45, 2.75) is 52.7 Å². The monoisotopic (exact) mass is 338 g/mol. The Labute approximate surface area is 132 Å². The Morgan fingerprint density at radius 3 is 2.45 bits per heavy atom. The van der Waals surface area contributed by atoms with E-state index < -0.39 is 0 Å². The van der Waals surface area contributed by atoms with Gasteiger partial charge in [0.1, 0.15) is 0 Å². The highest BCUT2D eigenvalue weighted by Gasteiger charge is 2.34. The molecule has 1 heterocycles. The van der Waals surface area contributed by atoms with E-state index in [4.69, 9.17) is 0 Å². The van der Waals surface area contributed by atoms with Crippen molar-refractivity contribution in [1.82, 2.24) is 10.2 Å². The number of rotatable bonds is 3. The minimum Gasteiger partial charge on any atom is -0.311 e. The standard InChI is InChI=1S/C17H27BrN2/c1-5-15-12-20(16(10-19-15)17(2,3)4)11-13-6-8-14(18)9-7-13/h6-9,15-16,19H,5,10-12H2,1-4H3. The molecule has 0 saturated carbocycles. The molecule has 0 radical (unpaired) electrons. The van der Waals surface area contributed by atoms with Crippen molar-refractivity contribution in [3.8, 4) is 0 Å². The van der Waals surface area contributed by atoms with E-state index >= 15 is 0 Å². The van der Waals surface area contributed by atoms with Crippen LogP contribution in [0, 0.1) is 5.41 Å². The molecule has 0 aromatic heterocycles. The molecule has 1 fully saturated rings. The topological polar surface area (TPSA) is 15.3 Å². The van der Waals surface area contributed by atoms with E-state index in [1.54, 1.807) is 0 Å². The van der Waals surface area contributed by atoms with Gasteiger partial charge in [0.25, 0.3) is 0 Å². The molecule has 1 N–H and O–H groups in total. The van der Waals surface area contributed by atoms with Crippen LogP contribution in [-0.2, 0) is 6.54 Å². The third-order valence-electron chi connectivity index (χ3n) is 4.29. The van der Waals surface area contributed by atoms with Crippen LogP contribution in [-0.4, -0.2) is 30.1 Å². The molecule has 1 saturated heterocycles. The average Bonchev–Trinajstić information content (AvgIpc) is 2.40.